The molecular formula is C12H10BrFN2OS. The van der Waals surface area contributed by atoms with E-state index in [1.165, 1.54) is 29.5 Å². The van der Waals surface area contributed by atoms with Crippen molar-refractivity contribution in [1.29, 1.82) is 0 Å². The number of carbonyl (C=O) groups excluding carboxylic acids is 1. The topological polar surface area (TPSA) is 55.1 Å². The molecule has 0 saturated carbocycles. The Labute approximate surface area is 116 Å². The third kappa shape index (κ3) is 2.70. The van der Waals surface area contributed by atoms with Gasteiger partial charge in [-0.05, 0) is 52.7 Å². The predicted molar refractivity (Wildman–Crippen MR) is 75.5 cm³/mol. The predicted octanol–water partition coefficient (Wildman–Crippen LogP) is 3.79. The van der Waals surface area contributed by atoms with Gasteiger partial charge in [-0.3, -0.25) is 4.79 Å². The number of nitrogens with one attached hydrogen (secondary N) is 1. The monoisotopic (exact) mass is 328 g/mol. The van der Waals surface area contributed by atoms with Gasteiger partial charge in [-0.1, -0.05) is 0 Å². The van der Waals surface area contributed by atoms with Gasteiger partial charge in [0.15, 0.2) is 0 Å². The molecule has 0 radical (unpaired) electrons. The van der Waals surface area contributed by atoms with Crippen molar-refractivity contribution in [3.63, 3.8) is 0 Å². The van der Waals surface area contributed by atoms with Crippen molar-refractivity contribution in [2.75, 3.05) is 11.1 Å². The fraction of sp³-hybridized carbons (Fsp3) is 0.0833. The molecule has 0 fully saturated rings. The average Bonchev–Trinajstić information content (AvgIpc) is 2.63. The van der Waals surface area contributed by atoms with Crippen LogP contribution in [0.3, 0.4) is 0 Å². The number of rotatable bonds is 2. The largest absolute Gasteiger partial charge is 0.397 e. The van der Waals surface area contributed by atoms with Gasteiger partial charge < -0.3 is 11.1 Å². The van der Waals surface area contributed by atoms with Crippen molar-refractivity contribution in [3.05, 3.63) is 44.3 Å². The lowest BCUT2D eigenvalue weighted by Gasteiger charge is -2.06. The summed E-state index contributed by atoms with van der Waals surface area (Å²) in [6, 6.07) is 5.65. The molecule has 0 unspecified atom stereocenters. The Kier molecular flexibility index (Phi) is 3.68. The Bertz CT molecular complexity index is 593. The van der Waals surface area contributed by atoms with Crippen LogP contribution < -0.4 is 11.1 Å². The van der Waals surface area contributed by atoms with E-state index in [9.17, 15) is 9.18 Å². The summed E-state index contributed by atoms with van der Waals surface area (Å²) >= 11 is 4.70. The number of anilines is 2. The fourth-order valence-corrected chi connectivity index (χ4v) is 2.83. The molecular weight excluding hydrogens is 319 g/mol. The third-order valence-electron chi connectivity index (χ3n) is 2.34. The van der Waals surface area contributed by atoms with E-state index in [2.05, 4.69) is 21.2 Å². The Morgan fingerprint density at radius 1 is 1.44 bits per heavy atom. The van der Waals surface area contributed by atoms with Crippen LogP contribution >= 0.6 is 27.3 Å². The molecule has 0 aliphatic heterocycles. The van der Waals surface area contributed by atoms with E-state index in [0.29, 0.717) is 10.6 Å². The smallest absolute Gasteiger partial charge is 0.265 e. The summed E-state index contributed by atoms with van der Waals surface area (Å²) in [6.45, 7) is 1.91. The number of thiophene rings is 1. The number of nitrogens with two attached hydrogens (primary N) is 1. The molecule has 1 aromatic carbocycles. The fourth-order valence-electron chi connectivity index (χ4n) is 1.40. The minimum Gasteiger partial charge on any atom is -0.397 e. The van der Waals surface area contributed by atoms with Crippen LogP contribution in [-0.4, -0.2) is 5.91 Å². The summed E-state index contributed by atoms with van der Waals surface area (Å²) in [5, 5.41) is 2.65. The first-order valence-electron chi connectivity index (χ1n) is 5.09. The van der Waals surface area contributed by atoms with Gasteiger partial charge in [-0.25, -0.2) is 4.39 Å². The van der Waals surface area contributed by atoms with Crippen molar-refractivity contribution in [2.24, 2.45) is 0 Å². The Morgan fingerprint density at radius 3 is 2.72 bits per heavy atom. The van der Waals surface area contributed by atoms with Crippen LogP contribution in [0.25, 0.3) is 0 Å². The van der Waals surface area contributed by atoms with Crippen LogP contribution in [0, 0.1) is 12.7 Å². The highest BCUT2D eigenvalue weighted by atomic mass is 79.9. The number of amides is 1. The second-order valence-corrected chi connectivity index (χ2v) is 6.12. The maximum atomic E-state index is 12.9. The van der Waals surface area contributed by atoms with Gasteiger partial charge in [-0.2, -0.15) is 0 Å². The molecule has 3 N–H and O–H groups in total. The lowest BCUT2D eigenvalue weighted by atomic mass is 10.2. The second kappa shape index (κ2) is 5.07. The molecule has 0 saturated heterocycles. The first-order chi connectivity index (χ1) is 8.47. The summed E-state index contributed by atoms with van der Waals surface area (Å²) in [5.74, 6) is -0.688. The molecule has 1 heterocycles. The standard InChI is InChI=1S/C12H10BrFN2OS/c1-6-4-10(18-11(6)13)12(17)16-9-3-2-7(14)5-8(9)15/h2-5H,15H2,1H3,(H,16,17). The summed E-state index contributed by atoms with van der Waals surface area (Å²) in [5.41, 5.74) is 7.23. The normalized spacial score (nSPS) is 10.4. The van der Waals surface area contributed by atoms with Crippen LogP contribution in [0.1, 0.15) is 15.2 Å². The number of carbonyl (C=O) groups is 1. The maximum absolute atomic E-state index is 12.9. The van der Waals surface area contributed by atoms with E-state index in [1.807, 2.05) is 6.92 Å². The zero-order valence-electron chi connectivity index (χ0n) is 9.46. The van der Waals surface area contributed by atoms with E-state index in [1.54, 1.807) is 6.07 Å². The molecule has 0 spiro atoms. The van der Waals surface area contributed by atoms with Crippen LogP contribution in [0.2, 0.25) is 0 Å². The van der Waals surface area contributed by atoms with Crippen LogP contribution in [0.4, 0.5) is 15.8 Å². The first-order valence-corrected chi connectivity index (χ1v) is 6.70. The van der Waals surface area contributed by atoms with Gasteiger partial charge in [-0.15, -0.1) is 11.3 Å². The molecule has 0 aliphatic rings. The Morgan fingerprint density at radius 2 is 2.17 bits per heavy atom. The van der Waals surface area contributed by atoms with Crippen LogP contribution in [0.15, 0.2) is 28.1 Å². The molecule has 1 aromatic heterocycles. The molecule has 1 amide bonds. The SMILES string of the molecule is Cc1cc(C(=O)Nc2ccc(F)cc2N)sc1Br. The lowest BCUT2D eigenvalue weighted by Crippen LogP contribution is -2.11. The van der Waals surface area contributed by atoms with Crippen molar-refractivity contribution in [1.82, 2.24) is 0 Å². The molecule has 0 bridgehead atoms. The molecule has 18 heavy (non-hydrogen) atoms. The lowest BCUT2D eigenvalue weighted by molar-refractivity contribution is 0.103. The molecule has 3 nitrogen and oxygen atoms in total. The number of halogens is 2. The zero-order valence-corrected chi connectivity index (χ0v) is 11.9. The summed E-state index contributed by atoms with van der Waals surface area (Å²) in [7, 11) is 0. The molecule has 0 atom stereocenters. The van der Waals surface area contributed by atoms with Gasteiger partial charge in [0.2, 0.25) is 0 Å². The summed E-state index contributed by atoms with van der Waals surface area (Å²) in [4.78, 5) is 12.5. The quantitative estimate of drug-likeness (QED) is 0.824. The Hall–Kier alpha value is -1.40. The average molecular weight is 329 g/mol. The highest BCUT2D eigenvalue weighted by Crippen LogP contribution is 2.28. The van der Waals surface area contributed by atoms with E-state index in [4.69, 9.17) is 5.73 Å². The molecule has 6 heteroatoms. The van der Waals surface area contributed by atoms with Gasteiger partial charge in [0.1, 0.15) is 5.82 Å². The molecule has 94 valence electrons. The van der Waals surface area contributed by atoms with Crippen molar-refractivity contribution >= 4 is 44.5 Å². The third-order valence-corrected chi connectivity index (χ3v) is 4.48. The van der Waals surface area contributed by atoms with E-state index in [-0.39, 0.29) is 11.6 Å². The van der Waals surface area contributed by atoms with E-state index in [0.717, 1.165) is 9.35 Å². The van der Waals surface area contributed by atoms with Crippen molar-refractivity contribution in [3.8, 4) is 0 Å². The number of aryl methyl sites for hydroxylation is 1. The van der Waals surface area contributed by atoms with Gasteiger partial charge in [0, 0.05) is 0 Å². The van der Waals surface area contributed by atoms with Gasteiger partial charge in [0.25, 0.3) is 5.91 Å². The van der Waals surface area contributed by atoms with Gasteiger partial charge >= 0.3 is 0 Å². The van der Waals surface area contributed by atoms with Crippen LogP contribution in [0.5, 0.6) is 0 Å². The van der Waals surface area contributed by atoms with Crippen LogP contribution in [-0.2, 0) is 0 Å². The van der Waals surface area contributed by atoms with Crippen molar-refractivity contribution in [2.45, 2.75) is 6.92 Å². The number of hydrogen-bond acceptors (Lipinski definition) is 3. The number of benzene rings is 1. The number of hydrogen-bond donors (Lipinski definition) is 2. The zero-order chi connectivity index (χ0) is 13.3. The Balaban J connectivity index is 2.21. The molecule has 2 rings (SSSR count). The molecule has 2 aromatic rings. The van der Waals surface area contributed by atoms with Gasteiger partial charge in [0.05, 0.1) is 20.0 Å². The highest BCUT2D eigenvalue weighted by molar-refractivity contribution is 9.11. The number of nitrogen functional groups attached to an aromatic ring is 1. The first kappa shape index (κ1) is 13.0. The minimum absolute atomic E-state index is 0.204. The van der Waals surface area contributed by atoms with E-state index >= 15 is 0 Å². The maximum Gasteiger partial charge on any atom is 0.265 e. The van der Waals surface area contributed by atoms with Crippen molar-refractivity contribution < 1.29 is 9.18 Å². The minimum atomic E-state index is -0.430. The highest BCUT2D eigenvalue weighted by Gasteiger charge is 2.12. The summed E-state index contributed by atoms with van der Waals surface area (Å²) < 4.78 is 13.8. The van der Waals surface area contributed by atoms with E-state index < -0.39 is 5.82 Å². The second-order valence-electron chi connectivity index (χ2n) is 3.75. The summed E-state index contributed by atoms with van der Waals surface area (Å²) in [6.07, 6.45) is 0. The molecule has 0 aliphatic carbocycles.